The summed E-state index contributed by atoms with van der Waals surface area (Å²) in [6, 6.07) is 9.65. The van der Waals surface area contributed by atoms with Crippen LogP contribution < -0.4 is 0 Å². The van der Waals surface area contributed by atoms with Gasteiger partial charge < -0.3 is 4.74 Å². The van der Waals surface area contributed by atoms with Crippen molar-refractivity contribution in [3.63, 3.8) is 0 Å². The molecule has 0 saturated carbocycles. The lowest BCUT2D eigenvalue weighted by Crippen LogP contribution is -2.16. The van der Waals surface area contributed by atoms with E-state index in [0.29, 0.717) is 19.4 Å². The molecular formula is C15H18O2. The van der Waals surface area contributed by atoms with E-state index in [1.54, 1.807) is 12.2 Å². The first-order chi connectivity index (χ1) is 8.27. The number of ether oxygens (including phenoxy) is 1. The lowest BCUT2D eigenvalue weighted by molar-refractivity contribution is -0.149. The Morgan fingerprint density at radius 2 is 1.76 bits per heavy atom. The maximum atomic E-state index is 11.8. The zero-order valence-corrected chi connectivity index (χ0v) is 9.97. The lowest BCUT2D eigenvalue weighted by atomic mass is 10.0. The summed E-state index contributed by atoms with van der Waals surface area (Å²) >= 11 is 0. The summed E-state index contributed by atoms with van der Waals surface area (Å²) in [6.45, 7) is 7.61. The minimum atomic E-state index is -0.186. The maximum absolute atomic E-state index is 11.8. The van der Waals surface area contributed by atoms with Gasteiger partial charge in [0.15, 0.2) is 0 Å². The van der Waals surface area contributed by atoms with Crippen molar-refractivity contribution in [2.45, 2.75) is 19.4 Å². The van der Waals surface area contributed by atoms with Gasteiger partial charge in [-0.15, -0.1) is 13.2 Å². The zero-order chi connectivity index (χ0) is 12.5. The van der Waals surface area contributed by atoms with E-state index in [9.17, 15) is 4.79 Å². The van der Waals surface area contributed by atoms with E-state index in [4.69, 9.17) is 4.74 Å². The predicted molar refractivity (Wildman–Crippen MR) is 69.4 cm³/mol. The third kappa shape index (κ3) is 4.68. The van der Waals surface area contributed by atoms with E-state index in [2.05, 4.69) is 13.2 Å². The largest absolute Gasteiger partial charge is 0.461 e. The third-order valence-corrected chi connectivity index (χ3v) is 2.46. The monoisotopic (exact) mass is 230 g/mol. The molecule has 0 spiro atoms. The van der Waals surface area contributed by atoms with Crippen LogP contribution in [0.25, 0.3) is 0 Å². The van der Waals surface area contributed by atoms with Crippen molar-refractivity contribution in [1.29, 1.82) is 0 Å². The van der Waals surface area contributed by atoms with Crippen molar-refractivity contribution in [3.8, 4) is 0 Å². The molecule has 0 aliphatic carbocycles. The molecule has 0 unspecified atom stereocenters. The van der Waals surface area contributed by atoms with Crippen LogP contribution in [0.3, 0.4) is 0 Å². The van der Waals surface area contributed by atoms with E-state index in [1.807, 2.05) is 30.3 Å². The topological polar surface area (TPSA) is 26.3 Å². The number of carbonyl (C=O) groups excluding carboxylic acids is 1. The molecule has 2 nitrogen and oxygen atoms in total. The van der Waals surface area contributed by atoms with E-state index < -0.39 is 0 Å². The van der Waals surface area contributed by atoms with Gasteiger partial charge in [-0.3, -0.25) is 4.79 Å². The van der Waals surface area contributed by atoms with Crippen LogP contribution in [0.2, 0.25) is 0 Å². The highest BCUT2D eigenvalue weighted by Crippen LogP contribution is 2.13. The standard InChI is InChI=1S/C15H18O2/c1-3-8-14(9-4-2)15(16)17-12-13-10-6-5-7-11-13/h3-7,10-11,14H,1-2,8-9,12H2. The fourth-order valence-electron chi connectivity index (χ4n) is 1.54. The molecule has 0 saturated heterocycles. The lowest BCUT2D eigenvalue weighted by Gasteiger charge is -2.12. The van der Waals surface area contributed by atoms with Crippen LogP contribution in [-0.2, 0) is 16.1 Å². The number of hydrogen-bond acceptors (Lipinski definition) is 2. The molecule has 1 aromatic carbocycles. The van der Waals surface area contributed by atoms with Crippen LogP contribution in [0.5, 0.6) is 0 Å². The molecule has 0 amide bonds. The second kappa shape index (κ2) is 7.44. The van der Waals surface area contributed by atoms with Gasteiger partial charge in [0, 0.05) is 0 Å². The normalized spacial score (nSPS) is 9.94. The van der Waals surface area contributed by atoms with Crippen molar-refractivity contribution >= 4 is 5.97 Å². The Morgan fingerprint density at radius 1 is 1.18 bits per heavy atom. The van der Waals surface area contributed by atoms with Gasteiger partial charge in [-0.25, -0.2) is 0 Å². The summed E-state index contributed by atoms with van der Waals surface area (Å²) in [5, 5.41) is 0. The zero-order valence-electron chi connectivity index (χ0n) is 9.97. The SMILES string of the molecule is C=CCC(CC=C)C(=O)OCc1ccccc1. The highest BCUT2D eigenvalue weighted by molar-refractivity contribution is 5.72. The van der Waals surface area contributed by atoms with Crippen molar-refractivity contribution in [1.82, 2.24) is 0 Å². The van der Waals surface area contributed by atoms with E-state index >= 15 is 0 Å². The second-order valence-corrected chi connectivity index (χ2v) is 3.84. The van der Waals surface area contributed by atoms with Gasteiger partial charge >= 0.3 is 5.97 Å². The van der Waals surface area contributed by atoms with Crippen LogP contribution in [0.1, 0.15) is 18.4 Å². The molecule has 90 valence electrons. The fraction of sp³-hybridized carbons (Fsp3) is 0.267. The predicted octanol–water partition coefficient (Wildman–Crippen LogP) is 3.50. The van der Waals surface area contributed by atoms with Crippen molar-refractivity contribution in [3.05, 3.63) is 61.2 Å². The molecule has 0 atom stereocenters. The Bertz CT molecular complexity index is 358. The Labute approximate surface area is 103 Å². The van der Waals surface area contributed by atoms with Gasteiger partial charge in [-0.05, 0) is 18.4 Å². The molecule has 0 N–H and O–H groups in total. The molecule has 0 heterocycles. The second-order valence-electron chi connectivity index (χ2n) is 3.84. The molecular weight excluding hydrogens is 212 g/mol. The van der Waals surface area contributed by atoms with Crippen molar-refractivity contribution in [2.75, 3.05) is 0 Å². The first-order valence-electron chi connectivity index (χ1n) is 5.70. The molecule has 17 heavy (non-hydrogen) atoms. The number of rotatable bonds is 7. The summed E-state index contributed by atoms with van der Waals surface area (Å²) in [6.07, 6.45) is 4.72. The molecule has 0 fully saturated rings. The number of allylic oxidation sites excluding steroid dienone is 2. The smallest absolute Gasteiger partial charge is 0.309 e. The van der Waals surface area contributed by atoms with Gasteiger partial charge in [0.2, 0.25) is 0 Å². The van der Waals surface area contributed by atoms with Gasteiger partial charge in [-0.1, -0.05) is 42.5 Å². The summed E-state index contributed by atoms with van der Waals surface area (Å²) < 4.78 is 5.26. The number of hydrogen-bond donors (Lipinski definition) is 0. The molecule has 0 aliphatic heterocycles. The quantitative estimate of drug-likeness (QED) is 0.529. The molecule has 0 aromatic heterocycles. The van der Waals surface area contributed by atoms with Gasteiger partial charge in [0.1, 0.15) is 6.61 Å². The minimum absolute atomic E-state index is 0.159. The van der Waals surface area contributed by atoms with Gasteiger partial charge in [-0.2, -0.15) is 0 Å². The van der Waals surface area contributed by atoms with Crippen molar-refractivity contribution < 1.29 is 9.53 Å². The summed E-state index contributed by atoms with van der Waals surface area (Å²) in [7, 11) is 0. The highest BCUT2D eigenvalue weighted by Gasteiger charge is 2.16. The molecule has 0 radical (unpaired) electrons. The molecule has 0 bridgehead atoms. The molecule has 0 aliphatic rings. The van der Waals surface area contributed by atoms with Crippen LogP contribution in [0, 0.1) is 5.92 Å². The van der Waals surface area contributed by atoms with E-state index in [1.165, 1.54) is 0 Å². The highest BCUT2D eigenvalue weighted by atomic mass is 16.5. The van der Waals surface area contributed by atoms with Crippen LogP contribution in [0.4, 0.5) is 0 Å². The van der Waals surface area contributed by atoms with Crippen LogP contribution in [0.15, 0.2) is 55.6 Å². The Hall–Kier alpha value is -1.83. The molecule has 2 heteroatoms. The molecule has 1 rings (SSSR count). The van der Waals surface area contributed by atoms with Crippen LogP contribution in [-0.4, -0.2) is 5.97 Å². The number of benzene rings is 1. The number of carbonyl (C=O) groups is 1. The molecule has 1 aromatic rings. The van der Waals surface area contributed by atoms with Gasteiger partial charge in [0.25, 0.3) is 0 Å². The first-order valence-corrected chi connectivity index (χ1v) is 5.70. The van der Waals surface area contributed by atoms with Crippen LogP contribution >= 0.6 is 0 Å². The minimum Gasteiger partial charge on any atom is -0.461 e. The Kier molecular flexibility index (Phi) is 5.80. The summed E-state index contributed by atoms with van der Waals surface area (Å²) in [5.74, 6) is -0.345. The summed E-state index contributed by atoms with van der Waals surface area (Å²) in [5.41, 5.74) is 0.997. The fourth-order valence-corrected chi connectivity index (χ4v) is 1.54. The van der Waals surface area contributed by atoms with E-state index in [0.717, 1.165) is 5.56 Å². The Balaban J connectivity index is 2.46. The van der Waals surface area contributed by atoms with Gasteiger partial charge in [0.05, 0.1) is 5.92 Å². The van der Waals surface area contributed by atoms with E-state index in [-0.39, 0.29) is 11.9 Å². The number of esters is 1. The summed E-state index contributed by atoms with van der Waals surface area (Å²) in [4.78, 5) is 11.8. The average Bonchev–Trinajstić information content (AvgIpc) is 2.37. The third-order valence-electron chi connectivity index (χ3n) is 2.46. The Morgan fingerprint density at radius 3 is 2.29 bits per heavy atom. The average molecular weight is 230 g/mol. The van der Waals surface area contributed by atoms with Crippen molar-refractivity contribution in [2.24, 2.45) is 5.92 Å². The maximum Gasteiger partial charge on any atom is 0.309 e. The first kappa shape index (κ1) is 13.2.